The van der Waals surface area contributed by atoms with Crippen molar-refractivity contribution in [3.63, 3.8) is 0 Å². The number of hydrogen-bond donors (Lipinski definition) is 1. The lowest BCUT2D eigenvalue weighted by molar-refractivity contribution is 0.0701. The number of carbonyl (C=O) groups is 1. The number of nitrogens with zero attached hydrogens (tertiary/aromatic N) is 1. The predicted molar refractivity (Wildman–Crippen MR) is 106 cm³/mol. The molecule has 140 valence electrons. The maximum atomic E-state index is 11.3. The topological polar surface area (TPSA) is 68.7 Å². The minimum absolute atomic E-state index is 0.253. The summed E-state index contributed by atoms with van der Waals surface area (Å²) in [5.74, 6) is 0.306. The van der Waals surface area contributed by atoms with E-state index in [2.05, 4.69) is 11.1 Å². The third-order valence-electron chi connectivity index (χ3n) is 3.96. The van der Waals surface area contributed by atoms with Gasteiger partial charge in [-0.25, -0.2) is 9.78 Å². The van der Waals surface area contributed by atoms with E-state index in [0.29, 0.717) is 35.4 Å². The van der Waals surface area contributed by atoms with Gasteiger partial charge < -0.3 is 14.6 Å². The number of hydrogen-bond acceptors (Lipinski definition) is 5. The van der Waals surface area contributed by atoms with E-state index in [-0.39, 0.29) is 4.88 Å². The molecule has 0 saturated carbocycles. The van der Waals surface area contributed by atoms with Crippen molar-refractivity contribution in [2.45, 2.75) is 27.4 Å². The molecule has 0 fully saturated rings. The Morgan fingerprint density at radius 3 is 2.59 bits per heavy atom. The highest BCUT2D eigenvalue weighted by molar-refractivity contribution is 7.17. The Kier molecular flexibility index (Phi) is 5.76. The number of carboxylic acids is 1. The molecule has 0 atom stereocenters. The van der Waals surface area contributed by atoms with Crippen LogP contribution >= 0.6 is 11.3 Å². The Hall–Kier alpha value is -2.86. The SMILES string of the molecule is CCOc1cc(-c2nc(C)c(C(=O)O)s2)ccc1OCc1cccc(C)c1. The van der Waals surface area contributed by atoms with E-state index in [1.165, 1.54) is 5.56 Å². The van der Waals surface area contributed by atoms with Crippen molar-refractivity contribution in [1.82, 2.24) is 4.98 Å². The van der Waals surface area contributed by atoms with E-state index in [0.717, 1.165) is 22.5 Å². The minimum atomic E-state index is -0.959. The fraction of sp³-hybridized carbons (Fsp3) is 0.238. The van der Waals surface area contributed by atoms with Crippen LogP contribution in [0, 0.1) is 13.8 Å². The lowest BCUT2D eigenvalue weighted by Crippen LogP contribution is -2.00. The molecule has 3 aromatic rings. The van der Waals surface area contributed by atoms with Gasteiger partial charge in [-0.3, -0.25) is 0 Å². The summed E-state index contributed by atoms with van der Waals surface area (Å²) in [5, 5.41) is 9.88. The van der Waals surface area contributed by atoms with Crippen LogP contribution in [0.3, 0.4) is 0 Å². The lowest BCUT2D eigenvalue weighted by atomic mass is 10.1. The first kappa shape index (κ1) is 18.9. The van der Waals surface area contributed by atoms with Gasteiger partial charge in [0.15, 0.2) is 11.5 Å². The largest absolute Gasteiger partial charge is 0.490 e. The van der Waals surface area contributed by atoms with Gasteiger partial charge in [-0.15, -0.1) is 11.3 Å². The van der Waals surface area contributed by atoms with Gasteiger partial charge >= 0.3 is 5.97 Å². The van der Waals surface area contributed by atoms with E-state index in [4.69, 9.17) is 9.47 Å². The second-order valence-corrected chi connectivity index (χ2v) is 7.11. The first-order valence-corrected chi connectivity index (χ1v) is 9.46. The molecule has 27 heavy (non-hydrogen) atoms. The van der Waals surface area contributed by atoms with Gasteiger partial charge in [-0.05, 0) is 44.5 Å². The second kappa shape index (κ2) is 8.22. The van der Waals surface area contributed by atoms with Crippen molar-refractivity contribution in [2.75, 3.05) is 6.61 Å². The molecular weight excluding hydrogens is 362 g/mol. The quantitative estimate of drug-likeness (QED) is 0.614. The Morgan fingerprint density at radius 1 is 1.11 bits per heavy atom. The number of carboxylic acid groups (broad SMARTS) is 1. The molecule has 1 aromatic heterocycles. The third-order valence-corrected chi connectivity index (χ3v) is 5.15. The first-order chi connectivity index (χ1) is 13.0. The number of aromatic carboxylic acids is 1. The molecule has 1 heterocycles. The highest BCUT2D eigenvalue weighted by atomic mass is 32.1. The molecular formula is C21H21NO4S. The molecule has 0 aliphatic carbocycles. The van der Waals surface area contributed by atoms with Gasteiger partial charge in [0.1, 0.15) is 16.5 Å². The van der Waals surface area contributed by atoms with Gasteiger partial charge in [0, 0.05) is 5.56 Å². The molecule has 5 nitrogen and oxygen atoms in total. The zero-order valence-electron chi connectivity index (χ0n) is 15.5. The van der Waals surface area contributed by atoms with E-state index < -0.39 is 5.97 Å². The zero-order valence-corrected chi connectivity index (χ0v) is 16.3. The molecule has 3 rings (SSSR count). The minimum Gasteiger partial charge on any atom is -0.490 e. The second-order valence-electron chi connectivity index (χ2n) is 6.11. The average molecular weight is 383 g/mol. The van der Waals surface area contributed by atoms with Gasteiger partial charge in [0.25, 0.3) is 0 Å². The monoisotopic (exact) mass is 383 g/mol. The van der Waals surface area contributed by atoms with Gasteiger partial charge in [-0.1, -0.05) is 29.8 Å². The molecule has 6 heteroatoms. The van der Waals surface area contributed by atoms with E-state index in [1.54, 1.807) is 6.92 Å². The summed E-state index contributed by atoms with van der Waals surface area (Å²) in [7, 11) is 0. The number of benzene rings is 2. The van der Waals surface area contributed by atoms with Crippen molar-refractivity contribution < 1.29 is 19.4 Å². The summed E-state index contributed by atoms with van der Waals surface area (Å²) in [6.45, 7) is 6.60. The average Bonchev–Trinajstić information content (AvgIpc) is 3.03. The molecule has 2 aromatic carbocycles. The molecule has 0 aliphatic rings. The normalized spacial score (nSPS) is 10.6. The van der Waals surface area contributed by atoms with E-state index in [9.17, 15) is 9.90 Å². The van der Waals surface area contributed by atoms with Crippen LogP contribution in [-0.4, -0.2) is 22.7 Å². The smallest absolute Gasteiger partial charge is 0.347 e. The third kappa shape index (κ3) is 4.46. The highest BCUT2D eigenvalue weighted by Gasteiger charge is 2.16. The van der Waals surface area contributed by atoms with Gasteiger partial charge in [0.2, 0.25) is 0 Å². The Labute approximate surface area is 162 Å². The molecule has 1 N–H and O–H groups in total. The summed E-state index contributed by atoms with van der Waals surface area (Å²) in [6, 6.07) is 13.7. The fourth-order valence-corrected chi connectivity index (χ4v) is 3.61. The molecule has 0 spiro atoms. The van der Waals surface area contributed by atoms with Crippen LogP contribution in [0.5, 0.6) is 11.5 Å². The molecule has 0 saturated heterocycles. The van der Waals surface area contributed by atoms with Crippen LogP contribution in [0.4, 0.5) is 0 Å². The Bertz CT molecular complexity index is 965. The first-order valence-electron chi connectivity index (χ1n) is 8.64. The zero-order chi connectivity index (χ0) is 19.4. The summed E-state index contributed by atoms with van der Waals surface area (Å²) in [4.78, 5) is 15.9. The standard InChI is InChI=1S/C21H21NO4S/c1-4-25-18-11-16(20-22-14(3)19(27-20)21(23)24)8-9-17(18)26-12-15-7-5-6-13(2)10-15/h5-11H,4,12H2,1-3H3,(H,23,24). The molecule has 0 aliphatic heterocycles. The van der Waals surface area contributed by atoms with Gasteiger partial charge in [0.05, 0.1) is 12.3 Å². The summed E-state index contributed by atoms with van der Waals surface area (Å²) in [5.41, 5.74) is 3.59. The molecule has 0 unspecified atom stereocenters. The lowest BCUT2D eigenvalue weighted by Gasteiger charge is -2.13. The van der Waals surface area contributed by atoms with Crippen LogP contribution < -0.4 is 9.47 Å². The summed E-state index contributed by atoms with van der Waals surface area (Å²) < 4.78 is 11.7. The van der Waals surface area contributed by atoms with Crippen molar-refractivity contribution in [3.8, 4) is 22.1 Å². The molecule has 0 radical (unpaired) electrons. The number of rotatable bonds is 7. The van der Waals surface area contributed by atoms with Crippen LogP contribution in [0.25, 0.3) is 10.6 Å². The van der Waals surface area contributed by atoms with Crippen LogP contribution in [0.1, 0.15) is 33.4 Å². The molecule has 0 amide bonds. The van der Waals surface area contributed by atoms with Gasteiger partial charge in [-0.2, -0.15) is 0 Å². The van der Waals surface area contributed by atoms with Crippen LogP contribution in [-0.2, 0) is 6.61 Å². The molecule has 0 bridgehead atoms. The maximum Gasteiger partial charge on any atom is 0.347 e. The van der Waals surface area contributed by atoms with Crippen molar-refractivity contribution >= 4 is 17.3 Å². The Balaban J connectivity index is 1.86. The van der Waals surface area contributed by atoms with Crippen LogP contribution in [0.2, 0.25) is 0 Å². The van der Waals surface area contributed by atoms with E-state index in [1.807, 2.05) is 50.2 Å². The highest BCUT2D eigenvalue weighted by Crippen LogP contribution is 2.35. The summed E-state index contributed by atoms with van der Waals surface area (Å²) in [6.07, 6.45) is 0. The number of aromatic nitrogens is 1. The summed E-state index contributed by atoms with van der Waals surface area (Å²) >= 11 is 1.16. The van der Waals surface area contributed by atoms with Crippen molar-refractivity contribution in [2.24, 2.45) is 0 Å². The van der Waals surface area contributed by atoms with Crippen LogP contribution in [0.15, 0.2) is 42.5 Å². The predicted octanol–water partition coefficient (Wildman–Crippen LogP) is 5.10. The number of aryl methyl sites for hydroxylation is 2. The maximum absolute atomic E-state index is 11.3. The van der Waals surface area contributed by atoms with Crippen molar-refractivity contribution in [1.29, 1.82) is 0 Å². The van der Waals surface area contributed by atoms with Crippen molar-refractivity contribution in [3.05, 3.63) is 64.2 Å². The Morgan fingerprint density at radius 2 is 1.93 bits per heavy atom. The number of ether oxygens (including phenoxy) is 2. The number of thiazole rings is 1. The van der Waals surface area contributed by atoms with E-state index >= 15 is 0 Å². The fourth-order valence-electron chi connectivity index (χ4n) is 2.71.